The van der Waals surface area contributed by atoms with Gasteiger partial charge in [-0.3, -0.25) is 14.5 Å². The van der Waals surface area contributed by atoms with Crippen LogP contribution in [0.1, 0.15) is 18.7 Å². The summed E-state index contributed by atoms with van der Waals surface area (Å²) in [6.45, 7) is 4.67. The molecule has 1 aliphatic rings. The Morgan fingerprint density at radius 3 is 2.83 bits per heavy atom. The molecule has 1 aromatic heterocycles. The number of halogens is 1. The summed E-state index contributed by atoms with van der Waals surface area (Å²) in [5, 5.41) is 5.63. The number of carbonyl (C=O) groups is 2. The zero-order chi connectivity index (χ0) is 21.7. The molecule has 1 aliphatic heterocycles. The lowest BCUT2D eigenvalue weighted by Gasteiger charge is -2.18. The molecule has 1 N–H and O–H groups in total. The Labute approximate surface area is 189 Å². The summed E-state index contributed by atoms with van der Waals surface area (Å²) < 4.78 is 5.20. The molecule has 0 aliphatic carbocycles. The molecular formula is C21H22ClN3O3S2. The van der Waals surface area contributed by atoms with Gasteiger partial charge in [0.2, 0.25) is 5.91 Å². The molecule has 0 fully saturated rings. The molecular weight excluding hydrogens is 442 g/mol. The maximum atomic E-state index is 13.1. The average molecular weight is 464 g/mol. The van der Waals surface area contributed by atoms with Gasteiger partial charge in [0.25, 0.3) is 5.91 Å². The number of thiophene rings is 1. The number of amides is 2. The Morgan fingerprint density at radius 1 is 1.40 bits per heavy atom. The van der Waals surface area contributed by atoms with Gasteiger partial charge in [0.15, 0.2) is 5.17 Å². The Balaban J connectivity index is 1.86. The van der Waals surface area contributed by atoms with Crippen molar-refractivity contribution in [2.75, 3.05) is 24.3 Å². The number of aliphatic imine (C=N–C) groups is 1. The number of ether oxygens (including phenoxy) is 1. The van der Waals surface area contributed by atoms with E-state index in [2.05, 4.69) is 10.3 Å². The van der Waals surface area contributed by atoms with Crippen LogP contribution in [0.5, 0.6) is 5.75 Å². The smallest absolute Gasteiger partial charge is 0.283 e. The van der Waals surface area contributed by atoms with Crippen molar-refractivity contribution in [3.63, 3.8) is 0 Å². The van der Waals surface area contributed by atoms with Gasteiger partial charge in [-0.05, 0) is 41.6 Å². The molecule has 0 unspecified atom stereocenters. The van der Waals surface area contributed by atoms with E-state index in [1.807, 2.05) is 31.4 Å². The number of nitrogens with zero attached hydrogens (tertiary/aromatic N) is 2. The number of amidine groups is 1. The summed E-state index contributed by atoms with van der Waals surface area (Å²) >= 11 is 9.00. The van der Waals surface area contributed by atoms with Gasteiger partial charge in [-0.25, -0.2) is 4.99 Å². The number of thioether (sulfide) groups is 1. The van der Waals surface area contributed by atoms with E-state index in [4.69, 9.17) is 16.3 Å². The van der Waals surface area contributed by atoms with Gasteiger partial charge in [-0.2, -0.15) is 0 Å². The number of rotatable bonds is 7. The fourth-order valence-electron chi connectivity index (χ4n) is 2.62. The summed E-state index contributed by atoms with van der Waals surface area (Å²) in [4.78, 5) is 32.2. The van der Waals surface area contributed by atoms with Gasteiger partial charge in [0, 0.05) is 11.4 Å². The van der Waals surface area contributed by atoms with Crippen LogP contribution in [-0.4, -0.2) is 36.4 Å². The van der Waals surface area contributed by atoms with Crippen molar-refractivity contribution in [2.24, 2.45) is 10.9 Å². The van der Waals surface area contributed by atoms with E-state index in [1.165, 1.54) is 35.1 Å². The van der Waals surface area contributed by atoms with E-state index in [0.29, 0.717) is 39.8 Å². The minimum atomic E-state index is -0.269. The normalized spacial score (nSPS) is 15.1. The number of hydrogen-bond acceptors (Lipinski definition) is 6. The Hall–Kier alpha value is -2.29. The minimum Gasteiger partial charge on any atom is -0.495 e. The molecule has 3 rings (SSSR count). The fourth-order valence-corrected chi connectivity index (χ4v) is 4.37. The first-order valence-corrected chi connectivity index (χ1v) is 11.5. The van der Waals surface area contributed by atoms with Crippen LogP contribution in [0.3, 0.4) is 0 Å². The zero-order valence-corrected chi connectivity index (χ0v) is 19.2. The van der Waals surface area contributed by atoms with Crippen LogP contribution in [-0.2, 0) is 9.59 Å². The molecule has 0 saturated heterocycles. The van der Waals surface area contributed by atoms with Crippen molar-refractivity contribution >= 4 is 63.4 Å². The Kier molecular flexibility index (Phi) is 7.58. The van der Waals surface area contributed by atoms with E-state index in [-0.39, 0.29) is 17.6 Å². The second-order valence-corrected chi connectivity index (χ2v) is 9.21. The highest BCUT2D eigenvalue weighted by atomic mass is 35.5. The molecule has 0 saturated carbocycles. The second kappa shape index (κ2) is 10.1. The Bertz CT molecular complexity index is 987. The zero-order valence-electron chi connectivity index (χ0n) is 16.8. The molecule has 0 atom stereocenters. The maximum absolute atomic E-state index is 13.1. The van der Waals surface area contributed by atoms with Gasteiger partial charge in [0.1, 0.15) is 11.4 Å². The van der Waals surface area contributed by atoms with E-state index in [0.717, 1.165) is 4.88 Å². The second-order valence-electron chi connectivity index (χ2n) is 6.89. The molecule has 9 heteroatoms. The maximum Gasteiger partial charge on any atom is 0.283 e. The first-order valence-electron chi connectivity index (χ1n) is 9.30. The predicted molar refractivity (Wildman–Crippen MR) is 126 cm³/mol. The quantitative estimate of drug-likeness (QED) is 0.606. The van der Waals surface area contributed by atoms with Gasteiger partial charge in [-0.1, -0.05) is 43.3 Å². The SMILES string of the molecule is COc1ccc(N2C(=O)/C(=C\c3cccs3)N=C2SCC(=O)NCC(C)C)cc1Cl. The number of hydrogen-bond donors (Lipinski definition) is 1. The third-order valence-corrected chi connectivity index (χ3v) is 6.14. The fraction of sp³-hybridized carbons (Fsp3) is 0.286. The van der Waals surface area contributed by atoms with Crippen LogP contribution in [0.15, 0.2) is 46.4 Å². The van der Waals surface area contributed by atoms with Crippen LogP contribution >= 0.6 is 34.7 Å². The molecule has 1 aromatic carbocycles. The van der Waals surface area contributed by atoms with E-state index in [1.54, 1.807) is 24.3 Å². The summed E-state index contributed by atoms with van der Waals surface area (Å²) in [5.41, 5.74) is 0.878. The molecule has 2 heterocycles. The molecule has 0 bridgehead atoms. The molecule has 30 heavy (non-hydrogen) atoms. The molecule has 6 nitrogen and oxygen atoms in total. The number of carbonyl (C=O) groups excluding carboxylic acids is 2. The lowest BCUT2D eigenvalue weighted by atomic mass is 10.2. The average Bonchev–Trinajstić information content (AvgIpc) is 3.33. The number of benzene rings is 1. The largest absolute Gasteiger partial charge is 0.495 e. The highest BCUT2D eigenvalue weighted by molar-refractivity contribution is 8.14. The number of nitrogens with one attached hydrogen (secondary N) is 1. The topological polar surface area (TPSA) is 71.0 Å². The van der Waals surface area contributed by atoms with E-state index < -0.39 is 0 Å². The lowest BCUT2D eigenvalue weighted by Crippen LogP contribution is -2.33. The monoisotopic (exact) mass is 463 g/mol. The van der Waals surface area contributed by atoms with Crippen LogP contribution in [0.25, 0.3) is 6.08 Å². The molecule has 2 amide bonds. The first-order chi connectivity index (χ1) is 14.4. The number of anilines is 1. The first kappa shape index (κ1) is 22.4. The van der Waals surface area contributed by atoms with Crippen molar-refractivity contribution in [3.8, 4) is 5.75 Å². The Morgan fingerprint density at radius 2 is 2.20 bits per heavy atom. The molecule has 0 radical (unpaired) electrons. The van der Waals surface area contributed by atoms with Crippen molar-refractivity contribution in [1.29, 1.82) is 0 Å². The highest BCUT2D eigenvalue weighted by Crippen LogP contribution is 2.34. The predicted octanol–water partition coefficient (Wildman–Crippen LogP) is 4.66. The molecule has 2 aromatic rings. The summed E-state index contributed by atoms with van der Waals surface area (Å²) in [7, 11) is 1.53. The van der Waals surface area contributed by atoms with Crippen LogP contribution in [0, 0.1) is 5.92 Å². The molecule has 0 spiro atoms. The van der Waals surface area contributed by atoms with Gasteiger partial charge < -0.3 is 10.1 Å². The standard InChI is InChI=1S/C21H22ClN3O3S2/c1-13(2)11-23-19(26)12-30-21-24-17(10-15-5-4-8-29-15)20(27)25(21)14-6-7-18(28-3)16(22)9-14/h4-10,13H,11-12H2,1-3H3,(H,23,26)/b17-10+. The van der Waals surface area contributed by atoms with Crippen molar-refractivity contribution in [3.05, 3.63) is 51.3 Å². The van der Waals surface area contributed by atoms with Gasteiger partial charge >= 0.3 is 0 Å². The third-order valence-electron chi connectivity index (χ3n) is 4.09. The van der Waals surface area contributed by atoms with Crippen molar-refractivity contribution in [1.82, 2.24) is 5.32 Å². The van der Waals surface area contributed by atoms with Crippen LogP contribution in [0.4, 0.5) is 5.69 Å². The number of methoxy groups -OCH3 is 1. The summed E-state index contributed by atoms with van der Waals surface area (Å²) in [5.74, 6) is 0.663. The lowest BCUT2D eigenvalue weighted by molar-refractivity contribution is -0.118. The van der Waals surface area contributed by atoms with Gasteiger partial charge in [0.05, 0.1) is 23.6 Å². The van der Waals surface area contributed by atoms with Crippen molar-refractivity contribution in [2.45, 2.75) is 13.8 Å². The van der Waals surface area contributed by atoms with Crippen LogP contribution in [0.2, 0.25) is 5.02 Å². The highest BCUT2D eigenvalue weighted by Gasteiger charge is 2.32. The molecule has 158 valence electrons. The minimum absolute atomic E-state index is 0.104. The third kappa shape index (κ3) is 5.44. The summed E-state index contributed by atoms with van der Waals surface area (Å²) in [6.07, 6.45) is 1.75. The summed E-state index contributed by atoms with van der Waals surface area (Å²) in [6, 6.07) is 8.92. The van der Waals surface area contributed by atoms with Crippen molar-refractivity contribution < 1.29 is 14.3 Å². The van der Waals surface area contributed by atoms with E-state index in [9.17, 15) is 9.59 Å². The van der Waals surface area contributed by atoms with E-state index >= 15 is 0 Å². The van der Waals surface area contributed by atoms with Gasteiger partial charge in [-0.15, -0.1) is 11.3 Å². The van der Waals surface area contributed by atoms with Crippen LogP contribution < -0.4 is 15.0 Å².